The van der Waals surface area contributed by atoms with E-state index in [0.29, 0.717) is 29.5 Å². The number of pyridine rings is 1. The zero-order valence-electron chi connectivity index (χ0n) is 17.7. The monoisotopic (exact) mass is 436 g/mol. The van der Waals surface area contributed by atoms with Gasteiger partial charge in [-0.1, -0.05) is 26.8 Å². The summed E-state index contributed by atoms with van der Waals surface area (Å²) in [4.78, 5) is 35.2. The molecular formula is C23H24N4O3S. The van der Waals surface area contributed by atoms with Crippen LogP contribution in [-0.2, 0) is 23.3 Å². The first-order valence-electron chi connectivity index (χ1n) is 10.0. The maximum absolute atomic E-state index is 12.6. The van der Waals surface area contributed by atoms with Crippen molar-refractivity contribution in [1.82, 2.24) is 15.3 Å². The van der Waals surface area contributed by atoms with Crippen LogP contribution in [0.1, 0.15) is 47.4 Å². The molecule has 0 aliphatic carbocycles. The Morgan fingerprint density at radius 2 is 2.00 bits per heavy atom. The fraction of sp³-hybridized carbons (Fsp3) is 0.304. The fourth-order valence-corrected chi connectivity index (χ4v) is 4.00. The minimum absolute atomic E-state index is 0.00742. The number of nitrogens with zero attached hydrogens (tertiary/aromatic N) is 3. The van der Waals surface area contributed by atoms with Crippen LogP contribution in [-0.4, -0.2) is 28.4 Å². The Labute approximate surface area is 185 Å². The van der Waals surface area contributed by atoms with Gasteiger partial charge in [0.1, 0.15) is 16.5 Å². The standard InChI is InChI=1S/C23H24N4O3S/c1-23(2,3)16-4-5-19-18(10-16)27(21(28)13-30-19)12-20-26-17(14-31-20)22(29)25-11-15-6-8-24-9-7-15/h4-10,14H,11-13H2,1-3H3,(H,25,29). The minimum atomic E-state index is -0.247. The molecule has 0 saturated carbocycles. The van der Waals surface area contributed by atoms with Gasteiger partial charge in [-0.25, -0.2) is 4.98 Å². The number of benzene rings is 1. The number of nitrogens with one attached hydrogen (secondary N) is 1. The van der Waals surface area contributed by atoms with Gasteiger partial charge in [0, 0.05) is 24.3 Å². The van der Waals surface area contributed by atoms with Crippen molar-refractivity contribution in [2.75, 3.05) is 11.5 Å². The van der Waals surface area contributed by atoms with Crippen LogP contribution < -0.4 is 15.0 Å². The summed E-state index contributed by atoms with van der Waals surface area (Å²) in [5, 5.41) is 5.27. The number of fused-ring (bicyclic) bond motifs is 1. The molecule has 1 aromatic carbocycles. The Bertz CT molecular complexity index is 1110. The molecular weight excluding hydrogens is 412 g/mol. The van der Waals surface area contributed by atoms with Gasteiger partial charge in [0.25, 0.3) is 11.8 Å². The molecule has 3 aromatic rings. The predicted molar refractivity (Wildman–Crippen MR) is 119 cm³/mol. The molecule has 0 saturated heterocycles. The van der Waals surface area contributed by atoms with Gasteiger partial charge in [-0.05, 0) is 40.8 Å². The Morgan fingerprint density at radius 3 is 2.74 bits per heavy atom. The molecule has 8 heteroatoms. The highest BCUT2D eigenvalue weighted by molar-refractivity contribution is 7.09. The summed E-state index contributed by atoms with van der Waals surface area (Å²) in [5.74, 6) is 0.306. The Kier molecular flexibility index (Phi) is 5.73. The van der Waals surface area contributed by atoms with Crippen molar-refractivity contribution < 1.29 is 14.3 Å². The highest BCUT2D eigenvalue weighted by atomic mass is 32.1. The van der Waals surface area contributed by atoms with Crippen molar-refractivity contribution in [3.8, 4) is 5.75 Å². The van der Waals surface area contributed by atoms with E-state index in [0.717, 1.165) is 16.8 Å². The summed E-state index contributed by atoms with van der Waals surface area (Å²) in [6.07, 6.45) is 3.37. The molecule has 4 rings (SSSR count). The second kappa shape index (κ2) is 8.47. The average molecular weight is 437 g/mol. The first kappa shape index (κ1) is 21.0. The maximum atomic E-state index is 12.6. The fourth-order valence-electron chi connectivity index (χ4n) is 3.24. The lowest BCUT2D eigenvalue weighted by atomic mass is 9.86. The highest BCUT2D eigenvalue weighted by Gasteiger charge is 2.28. The van der Waals surface area contributed by atoms with E-state index in [1.54, 1.807) is 22.7 Å². The summed E-state index contributed by atoms with van der Waals surface area (Å²) < 4.78 is 5.61. The lowest BCUT2D eigenvalue weighted by Gasteiger charge is -2.30. The molecule has 0 fully saturated rings. The van der Waals surface area contributed by atoms with E-state index < -0.39 is 0 Å². The quantitative estimate of drug-likeness (QED) is 0.659. The molecule has 1 aliphatic rings. The van der Waals surface area contributed by atoms with Crippen molar-refractivity contribution in [3.63, 3.8) is 0 Å². The van der Waals surface area contributed by atoms with Crippen molar-refractivity contribution in [2.24, 2.45) is 0 Å². The largest absolute Gasteiger partial charge is 0.482 e. The third kappa shape index (κ3) is 4.74. The Morgan fingerprint density at radius 1 is 1.23 bits per heavy atom. The van der Waals surface area contributed by atoms with Gasteiger partial charge in [-0.15, -0.1) is 11.3 Å². The molecule has 0 atom stereocenters. The van der Waals surface area contributed by atoms with E-state index in [2.05, 4.69) is 36.1 Å². The summed E-state index contributed by atoms with van der Waals surface area (Å²) in [5.41, 5.74) is 3.11. The van der Waals surface area contributed by atoms with E-state index in [-0.39, 0.29) is 23.8 Å². The number of amides is 2. The van der Waals surface area contributed by atoms with Crippen LogP contribution in [0.4, 0.5) is 5.69 Å². The van der Waals surface area contributed by atoms with Crippen LogP contribution in [0.15, 0.2) is 48.1 Å². The molecule has 0 radical (unpaired) electrons. The van der Waals surface area contributed by atoms with Crippen molar-refractivity contribution in [1.29, 1.82) is 0 Å². The van der Waals surface area contributed by atoms with E-state index in [9.17, 15) is 9.59 Å². The number of ether oxygens (including phenoxy) is 1. The van der Waals surface area contributed by atoms with Crippen LogP contribution in [0.5, 0.6) is 5.75 Å². The number of aromatic nitrogens is 2. The SMILES string of the molecule is CC(C)(C)c1ccc2c(c1)N(Cc1nc(C(=O)NCc3ccncc3)cs1)C(=O)CO2. The smallest absolute Gasteiger partial charge is 0.271 e. The molecule has 0 unspecified atom stereocenters. The Balaban J connectivity index is 1.49. The highest BCUT2D eigenvalue weighted by Crippen LogP contribution is 2.37. The second-order valence-corrected chi connectivity index (χ2v) is 9.31. The van der Waals surface area contributed by atoms with Crippen molar-refractivity contribution >= 4 is 28.8 Å². The second-order valence-electron chi connectivity index (χ2n) is 8.37. The molecule has 31 heavy (non-hydrogen) atoms. The van der Waals surface area contributed by atoms with Crippen LogP contribution in [0.25, 0.3) is 0 Å². The van der Waals surface area contributed by atoms with Gasteiger partial charge in [-0.3, -0.25) is 19.5 Å². The van der Waals surface area contributed by atoms with Gasteiger partial charge < -0.3 is 10.1 Å². The molecule has 160 valence electrons. The van der Waals surface area contributed by atoms with Gasteiger partial charge in [0.15, 0.2) is 6.61 Å². The molecule has 2 amide bonds. The van der Waals surface area contributed by atoms with E-state index in [1.807, 2.05) is 30.3 Å². The summed E-state index contributed by atoms with van der Waals surface area (Å²) in [6, 6.07) is 9.64. The number of hydrogen-bond donors (Lipinski definition) is 1. The third-order valence-electron chi connectivity index (χ3n) is 5.05. The summed E-state index contributed by atoms with van der Waals surface area (Å²) >= 11 is 1.36. The first-order valence-corrected chi connectivity index (χ1v) is 10.9. The van der Waals surface area contributed by atoms with E-state index in [1.165, 1.54) is 11.3 Å². The molecule has 2 aromatic heterocycles. The lowest BCUT2D eigenvalue weighted by Crippen LogP contribution is -2.38. The number of carbonyl (C=O) groups excluding carboxylic acids is 2. The van der Waals surface area contributed by atoms with E-state index >= 15 is 0 Å². The lowest BCUT2D eigenvalue weighted by molar-refractivity contribution is -0.121. The molecule has 1 aliphatic heterocycles. The van der Waals surface area contributed by atoms with Gasteiger partial charge in [0.2, 0.25) is 0 Å². The van der Waals surface area contributed by atoms with Crippen LogP contribution in [0.2, 0.25) is 0 Å². The van der Waals surface area contributed by atoms with Crippen molar-refractivity contribution in [2.45, 2.75) is 39.3 Å². The van der Waals surface area contributed by atoms with Gasteiger partial charge in [-0.2, -0.15) is 0 Å². The molecule has 3 heterocycles. The number of anilines is 1. The number of carbonyl (C=O) groups is 2. The summed E-state index contributed by atoms with van der Waals surface area (Å²) in [6.45, 7) is 7.07. The molecule has 0 spiro atoms. The van der Waals surface area contributed by atoms with Crippen LogP contribution in [0, 0.1) is 0 Å². The third-order valence-corrected chi connectivity index (χ3v) is 5.88. The first-order chi connectivity index (χ1) is 14.8. The number of hydrogen-bond acceptors (Lipinski definition) is 6. The van der Waals surface area contributed by atoms with Crippen molar-refractivity contribution in [3.05, 3.63) is 69.9 Å². The van der Waals surface area contributed by atoms with Gasteiger partial charge in [0.05, 0.1) is 12.2 Å². The molecule has 7 nitrogen and oxygen atoms in total. The predicted octanol–water partition coefficient (Wildman–Crippen LogP) is 3.69. The van der Waals surface area contributed by atoms with E-state index in [4.69, 9.17) is 4.74 Å². The molecule has 1 N–H and O–H groups in total. The normalized spacial score (nSPS) is 13.5. The van der Waals surface area contributed by atoms with Crippen LogP contribution in [0.3, 0.4) is 0 Å². The van der Waals surface area contributed by atoms with Crippen LogP contribution >= 0.6 is 11.3 Å². The zero-order chi connectivity index (χ0) is 22.0. The average Bonchev–Trinajstić information content (AvgIpc) is 3.22. The number of rotatable bonds is 5. The maximum Gasteiger partial charge on any atom is 0.271 e. The zero-order valence-corrected chi connectivity index (χ0v) is 18.5. The van der Waals surface area contributed by atoms with Gasteiger partial charge >= 0.3 is 0 Å². The molecule has 0 bridgehead atoms. The summed E-state index contributed by atoms with van der Waals surface area (Å²) in [7, 11) is 0. The Hall–Kier alpha value is -3.26. The number of thiazole rings is 1. The topological polar surface area (TPSA) is 84.4 Å². The minimum Gasteiger partial charge on any atom is -0.482 e.